The van der Waals surface area contributed by atoms with Gasteiger partial charge in [0, 0.05) is 0 Å². The first-order valence-electron chi connectivity index (χ1n) is 3.47. The van der Waals surface area contributed by atoms with E-state index in [0.717, 1.165) is 0 Å². The van der Waals surface area contributed by atoms with Gasteiger partial charge in [-0.3, -0.25) is 0 Å². The molecule has 1 aromatic rings. The van der Waals surface area contributed by atoms with Crippen LogP contribution in [0.2, 0.25) is 13.1 Å². The zero-order valence-electron chi connectivity index (χ0n) is 6.29. The van der Waals surface area contributed by atoms with E-state index < -0.39 is 8.80 Å². The van der Waals surface area contributed by atoms with Crippen LogP contribution in [0, 0.1) is 0 Å². The fourth-order valence-corrected chi connectivity index (χ4v) is 3.91. The van der Waals surface area contributed by atoms with Crippen molar-refractivity contribution >= 4 is 34.5 Å². The van der Waals surface area contributed by atoms with Gasteiger partial charge in [-0.15, -0.1) is 0 Å². The van der Waals surface area contributed by atoms with Gasteiger partial charge in [0.05, 0.1) is 0 Å². The fourth-order valence-electron chi connectivity index (χ4n) is 0.958. The van der Waals surface area contributed by atoms with E-state index >= 15 is 0 Å². The molecule has 0 N–H and O–H groups in total. The van der Waals surface area contributed by atoms with E-state index in [4.69, 9.17) is 0 Å². The second-order valence-electron chi connectivity index (χ2n) is 2.69. The molecule has 1 rings (SSSR count). The first kappa shape index (κ1) is 8.06. The van der Waals surface area contributed by atoms with E-state index in [1.54, 1.807) is 5.19 Å². The number of rotatable bonds is 1. The molecule has 0 saturated carbocycles. The average Bonchev–Trinajstić information content (AvgIpc) is 1.88. The van der Waals surface area contributed by atoms with Crippen LogP contribution in [0.3, 0.4) is 0 Å². The molecular weight excluding hydrogens is 203 g/mol. The topological polar surface area (TPSA) is 0 Å². The average molecular weight is 214 g/mol. The molecule has 0 aliphatic heterocycles. The molecular formula is C8H11SeSi. The van der Waals surface area contributed by atoms with Gasteiger partial charge in [0.2, 0.25) is 0 Å². The summed E-state index contributed by atoms with van der Waals surface area (Å²) in [5.41, 5.74) is 0. The molecule has 0 saturated heterocycles. The van der Waals surface area contributed by atoms with Crippen molar-refractivity contribution in [2.75, 3.05) is 0 Å². The van der Waals surface area contributed by atoms with E-state index in [2.05, 4.69) is 53.4 Å². The van der Waals surface area contributed by atoms with Crippen LogP contribution in [0.25, 0.3) is 0 Å². The van der Waals surface area contributed by atoms with Gasteiger partial charge in [-0.05, 0) is 0 Å². The van der Waals surface area contributed by atoms with Gasteiger partial charge in [0.1, 0.15) is 0 Å². The van der Waals surface area contributed by atoms with Crippen LogP contribution in [0.4, 0.5) is 0 Å². The summed E-state index contributed by atoms with van der Waals surface area (Å²) in [6.45, 7) is 4.69. The Morgan fingerprint density at radius 1 is 1.20 bits per heavy atom. The predicted octanol–water partition coefficient (Wildman–Crippen LogP) is 0.174. The molecule has 0 atom stereocenters. The van der Waals surface area contributed by atoms with Gasteiger partial charge in [-0.1, -0.05) is 0 Å². The second-order valence-corrected chi connectivity index (χ2v) is 6.55. The maximum absolute atomic E-state index is 3.09. The van der Waals surface area contributed by atoms with Crippen LogP contribution < -0.4 is 9.65 Å². The number of benzene rings is 1. The van der Waals surface area contributed by atoms with Crippen molar-refractivity contribution in [2.45, 2.75) is 13.1 Å². The molecule has 0 nitrogen and oxygen atoms in total. The van der Waals surface area contributed by atoms with Crippen molar-refractivity contribution in [1.82, 2.24) is 0 Å². The summed E-state index contributed by atoms with van der Waals surface area (Å²) in [6.07, 6.45) is 0. The van der Waals surface area contributed by atoms with Crippen LogP contribution in [0.5, 0.6) is 0 Å². The van der Waals surface area contributed by atoms with Gasteiger partial charge in [0.25, 0.3) is 0 Å². The maximum atomic E-state index is 3.09. The van der Waals surface area contributed by atoms with Crippen molar-refractivity contribution in [3.05, 3.63) is 24.3 Å². The molecule has 53 valence electrons. The summed E-state index contributed by atoms with van der Waals surface area (Å²) in [7, 11) is -0.599. The Kier molecular flexibility index (Phi) is 2.72. The normalized spacial score (nSPS) is 10.3. The molecule has 0 aliphatic carbocycles. The third kappa shape index (κ3) is 1.72. The Hall–Kier alpha value is -0.0436. The predicted molar refractivity (Wildman–Crippen MR) is 50.3 cm³/mol. The zero-order chi connectivity index (χ0) is 7.56. The van der Waals surface area contributed by atoms with Gasteiger partial charge < -0.3 is 0 Å². The Labute approximate surface area is 72.1 Å². The number of hydrogen-bond donors (Lipinski definition) is 0. The Bertz CT molecular complexity index is 220. The molecule has 2 heteroatoms. The Balaban J connectivity index is 3.03. The SMILES string of the molecule is C[SiH](C)c1ccccc1[Se]. The molecule has 0 spiro atoms. The monoisotopic (exact) mass is 215 g/mol. The summed E-state index contributed by atoms with van der Waals surface area (Å²) in [4.78, 5) is 0. The quantitative estimate of drug-likeness (QED) is 0.585. The van der Waals surface area contributed by atoms with Gasteiger partial charge in [-0.25, -0.2) is 0 Å². The summed E-state index contributed by atoms with van der Waals surface area (Å²) < 4.78 is 1.34. The van der Waals surface area contributed by atoms with Crippen LogP contribution in [-0.2, 0) is 0 Å². The van der Waals surface area contributed by atoms with Crippen molar-refractivity contribution in [1.29, 1.82) is 0 Å². The van der Waals surface area contributed by atoms with Crippen LogP contribution in [-0.4, -0.2) is 24.8 Å². The summed E-state index contributed by atoms with van der Waals surface area (Å²) in [6, 6.07) is 8.56. The van der Waals surface area contributed by atoms with Crippen LogP contribution in [0.1, 0.15) is 0 Å². The molecule has 0 unspecified atom stereocenters. The summed E-state index contributed by atoms with van der Waals surface area (Å²) >= 11 is 3.09. The van der Waals surface area contributed by atoms with Crippen molar-refractivity contribution in [3.8, 4) is 0 Å². The van der Waals surface area contributed by atoms with Gasteiger partial charge in [0.15, 0.2) is 0 Å². The molecule has 0 amide bonds. The van der Waals surface area contributed by atoms with Crippen LogP contribution in [0.15, 0.2) is 24.3 Å². The van der Waals surface area contributed by atoms with Gasteiger partial charge >= 0.3 is 71.8 Å². The standard InChI is InChI=1S/C8H11SeSi/c1-10(2)8-6-4-3-5-7(8)9/h3-6,10H,1-2H3. The van der Waals surface area contributed by atoms with E-state index in [1.807, 2.05) is 0 Å². The fraction of sp³-hybridized carbons (Fsp3) is 0.250. The third-order valence-corrected chi connectivity index (χ3v) is 4.54. The minimum absolute atomic E-state index is 0.599. The van der Waals surface area contributed by atoms with Crippen LogP contribution >= 0.6 is 0 Å². The van der Waals surface area contributed by atoms with E-state index in [-0.39, 0.29) is 0 Å². The van der Waals surface area contributed by atoms with Crippen molar-refractivity contribution in [3.63, 3.8) is 0 Å². The molecule has 10 heavy (non-hydrogen) atoms. The Morgan fingerprint density at radius 2 is 1.80 bits per heavy atom. The molecule has 0 bridgehead atoms. The second kappa shape index (κ2) is 3.38. The molecule has 0 aliphatic rings. The van der Waals surface area contributed by atoms with Crippen molar-refractivity contribution in [2.24, 2.45) is 0 Å². The summed E-state index contributed by atoms with van der Waals surface area (Å²) in [5.74, 6) is 0. The van der Waals surface area contributed by atoms with Crippen molar-refractivity contribution < 1.29 is 0 Å². The molecule has 0 heterocycles. The third-order valence-electron chi connectivity index (χ3n) is 1.54. The molecule has 0 aromatic heterocycles. The van der Waals surface area contributed by atoms with Gasteiger partial charge in [-0.2, -0.15) is 0 Å². The minimum atomic E-state index is -0.599. The Morgan fingerprint density at radius 3 is 2.20 bits per heavy atom. The first-order valence-corrected chi connectivity index (χ1v) is 7.22. The molecule has 0 fully saturated rings. The van der Waals surface area contributed by atoms with E-state index in [0.29, 0.717) is 0 Å². The first-order chi connectivity index (χ1) is 4.72. The molecule has 1 radical (unpaired) electrons. The molecule has 1 aromatic carbocycles. The zero-order valence-corrected chi connectivity index (χ0v) is 9.16. The van der Waals surface area contributed by atoms with E-state index in [1.165, 1.54) is 4.46 Å². The summed E-state index contributed by atoms with van der Waals surface area (Å²) in [5, 5.41) is 1.54. The van der Waals surface area contributed by atoms with E-state index in [9.17, 15) is 0 Å². The number of hydrogen-bond acceptors (Lipinski definition) is 0.